The summed E-state index contributed by atoms with van der Waals surface area (Å²) in [5.41, 5.74) is 0.892. The predicted molar refractivity (Wildman–Crippen MR) is 65.6 cm³/mol. The summed E-state index contributed by atoms with van der Waals surface area (Å²) < 4.78 is 6.27. The van der Waals surface area contributed by atoms with Crippen molar-refractivity contribution in [3.63, 3.8) is 0 Å². The molecule has 15 heavy (non-hydrogen) atoms. The number of hydrogen-bond donors (Lipinski definition) is 0. The zero-order valence-corrected chi connectivity index (χ0v) is 10.5. The maximum atomic E-state index is 5.95. The number of benzene rings is 1. The van der Waals surface area contributed by atoms with Gasteiger partial charge in [-0.1, -0.05) is 11.6 Å². The number of hydrogen-bond acceptors (Lipinski definition) is 2. The Morgan fingerprint density at radius 2 is 2.20 bits per heavy atom. The third-order valence-electron chi connectivity index (χ3n) is 1.99. The highest BCUT2D eigenvalue weighted by atomic mass is 79.9. The van der Waals surface area contributed by atoms with Crippen molar-refractivity contribution in [2.75, 3.05) is 6.61 Å². The lowest BCUT2D eigenvalue weighted by Gasteiger charge is -2.05. The van der Waals surface area contributed by atoms with Gasteiger partial charge in [-0.2, -0.15) is 0 Å². The Labute approximate surface area is 101 Å². The van der Waals surface area contributed by atoms with Gasteiger partial charge in [-0.05, 0) is 41.1 Å². The highest BCUT2D eigenvalue weighted by molar-refractivity contribution is 9.10. The molecule has 0 saturated carbocycles. The smallest absolute Gasteiger partial charge is 0.138 e. The average molecular weight is 287 g/mol. The molecule has 1 heterocycles. The van der Waals surface area contributed by atoms with E-state index in [0.717, 1.165) is 21.1 Å². The first-order valence-corrected chi connectivity index (χ1v) is 5.75. The zero-order valence-electron chi connectivity index (χ0n) is 8.13. The lowest BCUT2D eigenvalue weighted by Crippen LogP contribution is -1.92. The minimum atomic E-state index is 0.634. The number of rotatable bonds is 2. The Hall–Kier alpha value is -0.800. The third kappa shape index (κ3) is 2.24. The van der Waals surface area contributed by atoms with Gasteiger partial charge in [0.1, 0.15) is 5.75 Å². The average Bonchev–Trinajstić information content (AvgIpc) is 2.17. The number of pyridine rings is 1. The van der Waals surface area contributed by atoms with Crippen LogP contribution in [-0.4, -0.2) is 11.6 Å². The molecule has 0 aliphatic heterocycles. The summed E-state index contributed by atoms with van der Waals surface area (Å²) in [4.78, 5) is 4.31. The normalized spacial score (nSPS) is 10.6. The van der Waals surface area contributed by atoms with E-state index < -0.39 is 0 Å². The van der Waals surface area contributed by atoms with Crippen molar-refractivity contribution in [1.82, 2.24) is 4.98 Å². The molecule has 2 nitrogen and oxygen atoms in total. The van der Waals surface area contributed by atoms with Crippen molar-refractivity contribution >= 4 is 38.4 Å². The van der Waals surface area contributed by atoms with Crippen molar-refractivity contribution < 1.29 is 4.74 Å². The Balaban J connectivity index is 2.60. The lowest BCUT2D eigenvalue weighted by molar-refractivity contribution is 0.339. The van der Waals surface area contributed by atoms with Gasteiger partial charge in [0, 0.05) is 14.9 Å². The van der Waals surface area contributed by atoms with Crippen LogP contribution in [0.3, 0.4) is 0 Å². The Morgan fingerprint density at radius 1 is 1.40 bits per heavy atom. The second-order valence-electron chi connectivity index (χ2n) is 3.06. The topological polar surface area (TPSA) is 22.1 Å². The molecule has 0 saturated heterocycles. The van der Waals surface area contributed by atoms with Crippen LogP contribution in [0.2, 0.25) is 5.02 Å². The minimum absolute atomic E-state index is 0.634. The van der Waals surface area contributed by atoms with Crippen LogP contribution in [0.1, 0.15) is 6.92 Å². The molecule has 1 aromatic heterocycles. The summed E-state index contributed by atoms with van der Waals surface area (Å²) in [5, 5.41) is 1.66. The van der Waals surface area contributed by atoms with Crippen LogP contribution in [0.5, 0.6) is 5.75 Å². The summed E-state index contributed by atoms with van der Waals surface area (Å²) in [5.74, 6) is 0.763. The molecule has 0 fully saturated rings. The molecule has 0 unspecified atom stereocenters. The number of ether oxygens (including phenoxy) is 1. The Kier molecular flexibility index (Phi) is 3.12. The number of fused-ring (bicyclic) bond motifs is 1. The van der Waals surface area contributed by atoms with Gasteiger partial charge in [-0.3, -0.25) is 4.98 Å². The van der Waals surface area contributed by atoms with E-state index in [9.17, 15) is 0 Å². The van der Waals surface area contributed by atoms with E-state index in [1.165, 1.54) is 0 Å². The maximum absolute atomic E-state index is 5.95. The standard InChI is InChI=1S/C11H9BrClNO/c1-2-15-9-4-7-3-8(13)5-10(12)11(7)14-6-9/h3-6H,2H2,1H3. The number of nitrogens with zero attached hydrogens (tertiary/aromatic N) is 1. The van der Waals surface area contributed by atoms with Crippen LogP contribution in [0, 0.1) is 0 Å². The van der Waals surface area contributed by atoms with E-state index in [-0.39, 0.29) is 0 Å². The largest absolute Gasteiger partial charge is 0.492 e. The summed E-state index contributed by atoms with van der Waals surface area (Å²) in [6.45, 7) is 2.58. The fraction of sp³-hybridized carbons (Fsp3) is 0.182. The van der Waals surface area contributed by atoms with Crippen LogP contribution in [0.15, 0.2) is 28.9 Å². The molecule has 0 aliphatic rings. The molecule has 78 valence electrons. The van der Waals surface area contributed by atoms with Crippen LogP contribution >= 0.6 is 27.5 Å². The van der Waals surface area contributed by atoms with Gasteiger partial charge in [0.25, 0.3) is 0 Å². The maximum Gasteiger partial charge on any atom is 0.138 e. The van der Waals surface area contributed by atoms with Gasteiger partial charge in [0.15, 0.2) is 0 Å². The molecule has 0 spiro atoms. The van der Waals surface area contributed by atoms with Crippen molar-refractivity contribution in [2.45, 2.75) is 6.92 Å². The summed E-state index contributed by atoms with van der Waals surface area (Å²) >= 11 is 9.38. The lowest BCUT2D eigenvalue weighted by atomic mass is 10.2. The molecule has 0 amide bonds. The first-order valence-electron chi connectivity index (χ1n) is 4.58. The first kappa shape index (κ1) is 10.7. The van der Waals surface area contributed by atoms with Gasteiger partial charge >= 0.3 is 0 Å². The molecule has 2 rings (SSSR count). The van der Waals surface area contributed by atoms with Crippen molar-refractivity contribution in [2.24, 2.45) is 0 Å². The second-order valence-corrected chi connectivity index (χ2v) is 4.35. The molecule has 0 aliphatic carbocycles. The number of aromatic nitrogens is 1. The monoisotopic (exact) mass is 285 g/mol. The Morgan fingerprint density at radius 3 is 2.93 bits per heavy atom. The van der Waals surface area contributed by atoms with E-state index >= 15 is 0 Å². The van der Waals surface area contributed by atoms with E-state index in [1.54, 1.807) is 6.20 Å². The Bertz CT molecular complexity index is 501. The van der Waals surface area contributed by atoms with Gasteiger partial charge < -0.3 is 4.74 Å². The SMILES string of the molecule is CCOc1cnc2c(Br)cc(Cl)cc2c1. The highest BCUT2D eigenvalue weighted by Crippen LogP contribution is 2.28. The molecule has 0 N–H and O–H groups in total. The fourth-order valence-electron chi connectivity index (χ4n) is 1.40. The molecular formula is C11H9BrClNO. The van der Waals surface area contributed by atoms with Gasteiger partial charge in [0.2, 0.25) is 0 Å². The van der Waals surface area contributed by atoms with Crippen molar-refractivity contribution in [3.8, 4) is 5.75 Å². The van der Waals surface area contributed by atoms with Gasteiger partial charge in [0.05, 0.1) is 18.3 Å². The minimum Gasteiger partial charge on any atom is -0.492 e. The van der Waals surface area contributed by atoms with E-state index in [0.29, 0.717) is 11.6 Å². The van der Waals surface area contributed by atoms with Crippen LogP contribution < -0.4 is 4.74 Å². The van der Waals surface area contributed by atoms with Gasteiger partial charge in [-0.25, -0.2) is 0 Å². The molecule has 4 heteroatoms. The second kappa shape index (κ2) is 4.37. The predicted octanol–water partition coefficient (Wildman–Crippen LogP) is 4.05. The molecule has 0 radical (unpaired) electrons. The molecule has 0 atom stereocenters. The summed E-state index contributed by atoms with van der Waals surface area (Å²) in [6, 6.07) is 5.64. The molecular weight excluding hydrogens is 277 g/mol. The highest BCUT2D eigenvalue weighted by Gasteiger charge is 2.03. The summed E-state index contributed by atoms with van der Waals surface area (Å²) in [6.07, 6.45) is 1.71. The zero-order chi connectivity index (χ0) is 10.8. The van der Waals surface area contributed by atoms with Crippen molar-refractivity contribution in [3.05, 3.63) is 33.9 Å². The molecule has 2 aromatic rings. The first-order chi connectivity index (χ1) is 7.20. The third-order valence-corrected chi connectivity index (χ3v) is 2.81. The van der Waals surface area contributed by atoms with E-state index in [2.05, 4.69) is 20.9 Å². The quantitative estimate of drug-likeness (QED) is 0.831. The van der Waals surface area contributed by atoms with E-state index in [4.69, 9.17) is 16.3 Å². The van der Waals surface area contributed by atoms with Crippen LogP contribution in [-0.2, 0) is 0 Å². The number of halogens is 2. The van der Waals surface area contributed by atoms with Gasteiger partial charge in [-0.15, -0.1) is 0 Å². The fourth-order valence-corrected chi connectivity index (χ4v) is 2.33. The summed E-state index contributed by atoms with van der Waals surface area (Å²) in [7, 11) is 0. The van der Waals surface area contributed by atoms with Crippen molar-refractivity contribution in [1.29, 1.82) is 0 Å². The molecule has 1 aromatic carbocycles. The van der Waals surface area contributed by atoms with E-state index in [1.807, 2.05) is 25.1 Å². The molecule has 0 bridgehead atoms. The van der Waals surface area contributed by atoms with Crippen LogP contribution in [0.25, 0.3) is 10.9 Å². The van der Waals surface area contributed by atoms with Crippen LogP contribution in [0.4, 0.5) is 0 Å².